The molecule has 0 bridgehead atoms. The number of hydrogen-bond donors (Lipinski definition) is 2. The van der Waals surface area contributed by atoms with Crippen molar-refractivity contribution in [2.24, 2.45) is 11.8 Å². The Morgan fingerprint density at radius 2 is 2.16 bits per heavy atom. The average Bonchev–Trinajstić information content (AvgIpc) is 2.43. The second-order valence-corrected chi connectivity index (χ2v) is 5.81. The van der Waals surface area contributed by atoms with Gasteiger partial charge in [-0.05, 0) is 25.7 Å². The van der Waals surface area contributed by atoms with E-state index in [0.717, 1.165) is 19.4 Å². The summed E-state index contributed by atoms with van der Waals surface area (Å²) in [5.74, 6) is 0.854. The highest BCUT2D eigenvalue weighted by molar-refractivity contribution is 5.74. The quantitative estimate of drug-likeness (QED) is 0.796. The van der Waals surface area contributed by atoms with Gasteiger partial charge in [-0.2, -0.15) is 0 Å². The van der Waals surface area contributed by atoms with Gasteiger partial charge in [0.05, 0.1) is 18.8 Å². The van der Waals surface area contributed by atoms with Crippen LogP contribution in [0.15, 0.2) is 0 Å². The molecule has 1 saturated heterocycles. The molecule has 0 spiro atoms. The van der Waals surface area contributed by atoms with E-state index < -0.39 is 0 Å². The highest BCUT2D eigenvalue weighted by atomic mass is 16.5. The number of nitrogens with zero attached hydrogens (tertiary/aromatic N) is 1. The van der Waals surface area contributed by atoms with Crippen LogP contribution in [-0.2, 0) is 4.74 Å². The van der Waals surface area contributed by atoms with Gasteiger partial charge in [0.1, 0.15) is 0 Å². The van der Waals surface area contributed by atoms with Crippen LogP contribution in [0.3, 0.4) is 0 Å². The molecule has 1 rings (SSSR count). The van der Waals surface area contributed by atoms with Gasteiger partial charge in [-0.3, -0.25) is 0 Å². The van der Waals surface area contributed by atoms with E-state index in [0.29, 0.717) is 18.4 Å². The van der Waals surface area contributed by atoms with Crippen molar-refractivity contribution in [1.29, 1.82) is 0 Å². The summed E-state index contributed by atoms with van der Waals surface area (Å²) >= 11 is 0. The number of carbonyl (C=O) groups excluding carboxylic acids is 1. The topological polar surface area (TPSA) is 61.8 Å². The van der Waals surface area contributed by atoms with Crippen molar-refractivity contribution in [3.63, 3.8) is 0 Å². The number of ether oxygens (including phenoxy) is 1. The third-order valence-electron chi connectivity index (χ3n) is 3.91. The first-order valence-corrected chi connectivity index (χ1v) is 7.20. The number of nitrogens with one attached hydrogen (secondary N) is 1. The van der Waals surface area contributed by atoms with Crippen molar-refractivity contribution in [2.45, 2.75) is 45.8 Å². The number of urea groups is 1. The van der Waals surface area contributed by atoms with Crippen LogP contribution < -0.4 is 5.32 Å². The Morgan fingerprint density at radius 3 is 2.74 bits per heavy atom. The lowest BCUT2D eigenvalue weighted by Crippen LogP contribution is -2.47. The summed E-state index contributed by atoms with van der Waals surface area (Å²) in [6, 6.07) is -0.293. The van der Waals surface area contributed by atoms with E-state index in [1.807, 2.05) is 6.92 Å². The lowest BCUT2D eigenvalue weighted by atomic mass is 9.87. The molecule has 5 nitrogen and oxygen atoms in total. The molecule has 2 N–H and O–H groups in total. The minimum atomic E-state index is -0.163. The van der Waals surface area contributed by atoms with Crippen LogP contribution in [0.5, 0.6) is 0 Å². The van der Waals surface area contributed by atoms with E-state index in [9.17, 15) is 4.79 Å². The average molecular weight is 272 g/mol. The minimum absolute atomic E-state index is 0.0227. The van der Waals surface area contributed by atoms with Crippen molar-refractivity contribution >= 4 is 6.03 Å². The molecule has 0 radical (unpaired) electrons. The molecule has 0 saturated carbocycles. The Hall–Kier alpha value is -0.810. The maximum atomic E-state index is 11.9. The number of aliphatic hydroxyl groups is 1. The zero-order chi connectivity index (χ0) is 14.4. The van der Waals surface area contributed by atoms with Gasteiger partial charge in [0.25, 0.3) is 0 Å². The number of carbonyl (C=O) groups is 1. The van der Waals surface area contributed by atoms with Crippen LogP contribution in [0.1, 0.15) is 33.6 Å². The summed E-state index contributed by atoms with van der Waals surface area (Å²) in [6.45, 7) is 7.58. The number of hydrogen-bond acceptors (Lipinski definition) is 3. The number of amides is 2. The largest absolute Gasteiger partial charge is 0.394 e. The summed E-state index contributed by atoms with van der Waals surface area (Å²) in [5.41, 5.74) is 0. The Morgan fingerprint density at radius 1 is 1.47 bits per heavy atom. The number of likely N-dealkylation sites (N-methyl/N-ethyl adjacent to an activating group) is 1. The van der Waals surface area contributed by atoms with Gasteiger partial charge >= 0.3 is 6.03 Å². The van der Waals surface area contributed by atoms with Crippen molar-refractivity contribution in [1.82, 2.24) is 10.2 Å². The molecule has 19 heavy (non-hydrogen) atoms. The molecule has 2 amide bonds. The first-order chi connectivity index (χ1) is 8.97. The van der Waals surface area contributed by atoms with E-state index in [1.54, 1.807) is 7.05 Å². The highest BCUT2D eigenvalue weighted by Crippen LogP contribution is 2.25. The summed E-state index contributed by atoms with van der Waals surface area (Å²) in [5, 5.41) is 12.0. The fourth-order valence-corrected chi connectivity index (χ4v) is 2.49. The monoisotopic (exact) mass is 272 g/mol. The van der Waals surface area contributed by atoms with E-state index in [2.05, 4.69) is 19.2 Å². The van der Waals surface area contributed by atoms with Crippen LogP contribution in [0.2, 0.25) is 0 Å². The van der Waals surface area contributed by atoms with E-state index in [4.69, 9.17) is 9.84 Å². The SMILES string of the molecule is CC(C)C1OCCCC1CNC(=O)N(C)C(C)CO. The zero-order valence-electron chi connectivity index (χ0n) is 12.6. The van der Waals surface area contributed by atoms with E-state index in [1.165, 1.54) is 4.90 Å². The normalized spacial score (nSPS) is 25.2. The van der Waals surface area contributed by atoms with Crippen LogP contribution in [0.4, 0.5) is 4.79 Å². The third kappa shape index (κ3) is 4.66. The maximum Gasteiger partial charge on any atom is 0.317 e. The molecule has 0 aliphatic carbocycles. The molecule has 1 fully saturated rings. The Labute approximate surface area is 116 Å². The molecule has 3 unspecified atom stereocenters. The molecular formula is C14H28N2O3. The summed E-state index contributed by atoms with van der Waals surface area (Å²) in [4.78, 5) is 13.5. The fourth-order valence-electron chi connectivity index (χ4n) is 2.49. The molecule has 0 aromatic heterocycles. The second kappa shape index (κ2) is 7.70. The predicted octanol–water partition coefficient (Wildman–Crippen LogP) is 1.46. The maximum absolute atomic E-state index is 11.9. The summed E-state index contributed by atoms with van der Waals surface area (Å²) in [6.07, 6.45) is 2.39. The Balaban J connectivity index is 2.43. The fraction of sp³-hybridized carbons (Fsp3) is 0.929. The van der Waals surface area contributed by atoms with Crippen LogP contribution >= 0.6 is 0 Å². The van der Waals surface area contributed by atoms with Crippen molar-refractivity contribution in [3.05, 3.63) is 0 Å². The first kappa shape index (κ1) is 16.2. The molecule has 1 aliphatic heterocycles. The van der Waals surface area contributed by atoms with E-state index >= 15 is 0 Å². The molecule has 3 atom stereocenters. The lowest BCUT2D eigenvalue weighted by molar-refractivity contribution is -0.0510. The third-order valence-corrected chi connectivity index (χ3v) is 3.91. The van der Waals surface area contributed by atoms with Gasteiger partial charge < -0.3 is 20.1 Å². The predicted molar refractivity (Wildman–Crippen MR) is 75.0 cm³/mol. The van der Waals surface area contributed by atoms with E-state index in [-0.39, 0.29) is 24.8 Å². The Bertz CT molecular complexity index is 284. The Kier molecular flexibility index (Phi) is 6.58. The zero-order valence-corrected chi connectivity index (χ0v) is 12.6. The second-order valence-electron chi connectivity index (χ2n) is 5.81. The number of rotatable bonds is 5. The van der Waals surface area contributed by atoms with Gasteiger partial charge in [-0.25, -0.2) is 4.79 Å². The molecular weight excluding hydrogens is 244 g/mol. The molecule has 0 aromatic carbocycles. The summed E-state index contributed by atoms with van der Waals surface area (Å²) in [7, 11) is 1.70. The molecule has 1 heterocycles. The van der Waals surface area contributed by atoms with Crippen LogP contribution in [-0.4, -0.2) is 55.0 Å². The van der Waals surface area contributed by atoms with Gasteiger partial charge in [-0.15, -0.1) is 0 Å². The molecule has 112 valence electrons. The van der Waals surface area contributed by atoms with Crippen LogP contribution in [0, 0.1) is 11.8 Å². The van der Waals surface area contributed by atoms with Gasteiger partial charge in [-0.1, -0.05) is 13.8 Å². The first-order valence-electron chi connectivity index (χ1n) is 7.20. The van der Waals surface area contributed by atoms with Gasteiger partial charge in [0.15, 0.2) is 0 Å². The molecule has 0 aromatic rings. The van der Waals surface area contributed by atoms with Gasteiger partial charge in [0.2, 0.25) is 0 Å². The van der Waals surface area contributed by atoms with Crippen molar-refractivity contribution < 1.29 is 14.6 Å². The lowest BCUT2D eigenvalue weighted by Gasteiger charge is -2.35. The van der Waals surface area contributed by atoms with Crippen LogP contribution in [0.25, 0.3) is 0 Å². The smallest absolute Gasteiger partial charge is 0.317 e. The minimum Gasteiger partial charge on any atom is -0.394 e. The highest BCUT2D eigenvalue weighted by Gasteiger charge is 2.29. The van der Waals surface area contributed by atoms with Gasteiger partial charge in [0, 0.05) is 26.1 Å². The standard InChI is InChI=1S/C14H28N2O3/c1-10(2)13-12(6-5-7-19-13)8-15-14(18)16(4)11(3)9-17/h10-13,17H,5-9H2,1-4H3,(H,15,18). The molecule has 5 heteroatoms. The van der Waals surface area contributed by atoms with Crippen molar-refractivity contribution in [2.75, 3.05) is 26.8 Å². The molecule has 1 aliphatic rings. The number of aliphatic hydroxyl groups excluding tert-OH is 1. The van der Waals surface area contributed by atoms with Crippen molar-refractivity contribution in [3.8, 4) is 0 Å². The summed E-state index contributed by atoms with van der Waals surface area (Å²) < 4.78 is 5.81.